The summed E-state index contributed by atoms with van der Waals surface area (Å²) in [6.45, 7) is 9.54. The third kappa shape index (κ3) is 10.5. The Morgan fingerprint density at radius 2 is 1.76 bits per heavy atom. The minimum atomic E-state index is -0.810. The lowest BCUT2D eigenvalue weighted by molar-refractivity contribution is -0.146. The predicted octanol–water partition coefficient (Wildman–Crippen LogP) is 2.78. The molecule has 45 heavy (non-hydrogen) atoms. The third-order valence-corrected chi connectivity index (χ3v) is 9.40. The zero-order valence-corrected chi connectivity index (χ0v) is 27.3. The number of nitrogens with one attached hydrogen (secondary N) is 2. The Bertz CT molecular complexity index is 1120. The number of esters is 1. The highest BCUT2D eigenvalue weighted by molar-refractivity contribution is 5.87. The van der Waals surface area contributed by atoms with Crippen LogP contribution in [-0.2, 0) is 33.3 Å². The Labute approximate surface area is 266 Å². The van der Waals surface area contributed by atoms with Crippen LogP contribution in [0, 0.1) is 5.92 Å². The van der Waals surface area contributed by atoms with Crippen molar-refractivity contribution in [2.45, 2.75) is 146 Å². The topological polar surface area (TPSA) is 156 Å². The second kappa shape index (κ2) is 15.8. The molecule has 9 atom stereocenters. The molecule has 252 valence electrons. The molecule has 4 fully saturated rings. The smallest absolute Gasteiger partial charge is 0.303 e. The van der Waals surface area contributed by atoms with E-state index in [1.165, 1.54) is 13.0 Å². The largest absolute Gasteiger partial charge is 0.459 e. The maximum atomic E-state index is 12.8. The van der Waals surface area contributed by atoms with Gasteiger partial charge in [0.05, 0.1) is 43.5 Å². The van der Waals surface area contributed by atoms with E-state index >= 15 is 0 Å². The van der Waals surface area contributed by atoms with Crippen molar-refractivity contribution in [3.63, 3.8) is 0 Å². The third-order valence-electron chi connectivity index (χ3n) is 9.40. The van der Waals surface area contributed by atoms with Gasteiger partial charge in [-0.15, -0.1) is 0 Å². The highest BCUT2D eigenvalue weighted by atomic mass is 16.6. The summed E-state index contributed by atoms with van der Waals surface area (Å²) in [6.07, 6.45) is 11.3. The van der Waals surface area contributed by atoms with Crippen LogP contribution in [0.25, 0.3) is 0 Å². The molecule has 1 saturated carbocycles. The highest BCUT2D eigenvalue weighted by Gasteiger charge is 2.58. The molecular weight excluding hydrogens is 580 g/mol. The van der Waals surface area contributed by atoms with Crippen LogP contribution in [0.3, 0.4) is 0 Å². The van der Waals surface area contributed by atoms with Gasteiger partial charge in [0.2, 0.25) is 11.8 Å². The number of aliphatic hydroxyl groups is 2. The van der Waals surface area contributed by atoms with Crippen molar-refractivity contribution < 1.29 is 43.5 Å². The van der Waals surface area contributed by atoms with E-state index in [9.17, 15) is 24.6 Å². The number of ether oxygens (including phenoxy) is 4. The van der Waals surface area contributed by atoms with Gasteiger partial charge in [0, 0.05) is 25.5 Å². The van der Waals surface area contributed by atoms with Gasteiger partial charge >= 0.3 is 5.97 Å². The lowest BCUT2D eigenvalue weighted by Crippen LogP contribution is -2.51. The van der Waals surface area contributed by atoms with Crippen LogP contribution in [0.4, 0.5) is 0 Å². The molecule has 11 nitrogen and oxygen atoms in total. The first kappa shape index (κ1) is 35.3. The van der Waals surface area contributed by atoms with Crippen LogP contribution in [0.1, 0.15) is 86.0 Å². The molecule has 1 spiro atoms. The second-order valence-electron chi connectivity index (χ2n) is 13.4. The van der Waals surface area contributed by atoms with Crippen molar-refractivity contribution in [1.29, 1.82) is 0 Å². The molecule has 0 bridgehead atoms. The van der Waals surface area contributed by atoms with Gasteiger partial charge in [-0.3, -0.25) is 14.4 Å². The normalized spacial score (nSPS) is 37.8. The van der Waals surface area contributed by atoms with Gasteiger partial charge in [0.1, 0.15) is 23.9 Å². The van der Waals surface area contributed by atoms with E-state index < -0.39 is 29.9 Å². The van der Waals surface area contributed by atoms with Gasteiger partial charge < -0.3 is 39.8 Å². The fraction of sp³-hybridized carbons (Fsp3) is 0.735. The van der Waals surface area contributed by atoms with Gasteiger partial charge in [-0.05, 0) is 71.3 Å². The average molecular weight is 633 g/mol. The van der Waals surface area contributed by atoms with Crippen molar-refractivity contribution in [2.75, 3.05) is 6.61 Å². The number of carbonyl (C=O) groups excluding carboxylic acids is 3. The van der Waals surface area contributed by atoms with Crippen LogP contribution in [0.2, 0.25) is 0 Å². The Morgan fingerprint density at radius 3 is 2.42 bits per heavy atom. The minimum absolute atomic E-state index is 0.00833. The first-order valence-electron chi connectivity index (χ1n) is 16.4. The number of aliphatic hydroxyl groups excluding tert-OH is 2. The van der Waals surface area contributed by atoms with Gasteiger partial charge in [0.15, 0.2) is 0 Å². The number of amides is 2. The van der Waals surface area contributed by atoms with Gasteiger partial charge in [-0.2, -0.15) is 0 Å². The highest BCUT2D eigenvalue weighted by Crippen LogP contribution is 2.43. The molecular formula is C34H52N2O9. The number of epoxide rings is 1. The maximum absolute atomic E-state index is 12.8. The molecule has 2 amide bonds. The Morgan fingerprint density at radius 1 is 1.04 bits per heavy atom. The molecule has 0 aromatic rings. The quantitative estimate of drug-likeness (QED) is 0.116. The minimum Gasteiger partial charge on any atom is -0.459 e. The van der Waals surface area contributed by atoms with E-state index in [1.54, 1.807) is 13.0 Å². The first-order valence-corrected chi connectivity index (χ1v) is 16.4. The SMILES string of the molecule is CC(=O)OC(C)C=CC(=O)N[C@@H]1C[C@H](C)[C@H](C/C=C(C)/C=C/[C@H]2O[C@H](CC(=O)NC3CCC(O)CC3)C[C@@]3(CO3)[C@@H]2O)O[C@@H]1C. The number of allylic oxidation sites excluding steroid dienone is 2. The molecule has 3 aliphatic heterocycles. The molecule has 0 radical (unpaired) electrons. The van der Waals surface area contributed by atoms with Gasteiger partial charge in [0.25, 0.3) is 0 Å². The Hall–Kier alpha value is -2.57. The van der Waals surface area contributed by atoms with Crippen LogP contribution in [-0.4, -0.2) is 95.0 Å². The summed E-state index contributed by atoms with van der Waals surface area (Å²) in [5.41, 5.74) is 0.344. The lowest BCUT2D eigenvalue weighted by atomic mass is 9.87. The van der Waals surface area contributed by atoms with E-state index in [0.29, 0.717) is 32.3 Å². The number of hydrogen-bond donors (Lipinski definition) is 4. The van der Waals surface area contributed by atoms with Crippen LogP contribution < -0.4 is 10.6 Å². The summed E-state index contributed by atoms with van der Waals surface area (Å²) in [6, 6.07) is -0.0472. The number of carbonyl (C=O) groups is 3. The molecule has 4 rings (SSSR count). The molecule has 1 aliphatic carbocycles. The Balaban J connectivity index is 1.25. The fourth-order valence-electron chi connectivity index (χ4n) is 6.60. The number of hydrogen-bond acceptors (Lipinski definition) is 9. The summed E-state index contributed by atoms with van der Waals surface area (Å²) in [5, 5.41) is 26.8. The standard InChI is InChI=1S/C34H52N2O9/c1-20(6-13-29-21(2)16-28(23(4)44-29)36-31(39)15-8-22(3)43-24(5)37)7-14-30-33(41)34(19-42-34)18-27(45-30)17-32(40)35-25-9-11-26(38)12-10-25/h6-8,14-15,21-23,25-30,33,38,41H,9-13,16-19H2,1-5H3,(H,35,40)(H,36,39)/b14-7+,15-8?,20-6+/t21-,22?,23+,25?,26?,27+,28+,29-,30+,33+,34+/m0/s1. The van der Waals surface area contributed by atoms with Crippen LogP contribution >= 0.6 is 0 Å². The zero-order chi connectivity index (χ0) is 32.7. The van der Waals surface area contributed by atoms with E-state index in [4.69, 9.17) is 18.9 Å². The Kier molecular flexibility index (Phi) is 12.4. The van der Waals surface area contributed by atoms with Crippen LogP contribution in [0.15, 0.2) is 36.0 Å². The fourth-order valence-corrected chi connectivity index (χ4v) is 6.60. The molecule has 4 aliphatic rings. The van der Waals surface area contributed by atoms with Crippen molar-refractivity contribution >= 4 is 17.8 Å². The van der Waals surface area contributed by atoms with E-state index in [-0.39, 0.29) is 60.7 Å². The van der Waals surface area contributed by atoms with Crippen molar-refractivity contribution in [3.8, 4) is 0 Å². The summed E-state index contributed by atoms with van der Waals surface area (Å²) >= 11 is 0. The lowest BCUT2D eigenvalue weighted by Gasteiger charge is -2.39. The molecule has 3 saturated heterocycles. The van der Waals surface area contributed by atoms with Crippen LogP contribution in [0.5, 0.6) is 0 Å². The van der Waals surface area contributed by atoms with E-state index in [0.717, 1.165) is 24.8 Å². The first-order chi connectivity index (χ1) is 21.3. The maximum Gasteiger partial charge on any atom is 0.303 e. The molecule has 11 heteroatoms. The molecule has 4 N–H and O–H groups in total. The second-order valence-corrected chi connectivity index (χ2v) is 13.4. The predicted molar refractivity (Wildman–Crippen MR) is 167 cm³/mol. The van der Waals surface area contributed by atoms with Gasteiger partial charge in [-0.25, -0.2) is 0 Å². The summed E-state index contributed by atoms with van der Waals surface area (Å²) in [5.74, 6) is -0.509. The van der Waals surface area contributed by atoms with Gasteiger partial charge in [-0.1, -0.05) is 30.7 Å². The zero-order valence-electron chi connectivity index (χ0n) is 27.3. The average Bonchev–Trinajstić information content (AvgIpc) is 3.74. The summed E-state index contributed by atoms with van der Waals surface area (Å²) in [4.78, 5) is 36.2. The molecule has 0 aromatic heterocycles. The van der Waals surface area contributed by atoms with Crippen molar-refractivity contribution in [3.05, 3.63) is 36.0 Å². The summed E-state index contributed by atoms with van der Waals surface area (Å²) < 4.78 is 23.2. The van der Waals surface area contributed by atoms with E-state index in [1.807, 2.05) is 26.0 Å². The number of rotatable bonds is 11. The van der Waals surface area contributed by atoms with Crippen molar-refractivity contribution in [1.82, 2.24) is 10.6 Å². The molecule has 1 unspecified atom stereocenters. The summed E-state index contributed by atoms with van der Waals surface area (Å²) in [7, 11) is 0. The molecule has 0 aromatic carbocycles. The van der Waals surface area contributed by atoms with Crippen molar-refractivity contribution in [2.24, 2.45) is 5.92 Å². The van der Waals surface area contributed by atoms with E-state index in [2.05, 4.69) is 23.6 Å². The molecule has 3 heterocycles. The monoisotopic (exact) mass is 632 g/mol.